The maximum absolute atomic E-state index is 9.00. The van der Waals surface area contributed by atoms with Gasteiger partial charge in [-0.25, -0.2) is 4.79 Å². The van der Waals surface area contributed by atoms with Crippen LogP contribution in [0.15, 0.2) is 0 Å². The van der Waals surface area contributed by atoms with Crippen LogP contribution < -0.4 is 11.5 Å². The second kappa shape index (κ2) is 4.27. The van der Waals surface area contributed by atoms with Gasteiger partial charge in [-0.15, -0.1) is 0 Å². The number of carbonyl (C=O) groups excluding carboxylic acids is 1. The average molecular weight is 84.1 g/mol. The van der Waals surface area contributed by atoms with Crippen molar-refractivity contribution in [1.29, 1.82) is 0 Å². The first-order valence-corrected chi connectivity index (χ1v) is 0.781. The molecule has 3 nitrogen and oxygen atoms in total. The van der Waals surface area contributed by atoms with Gasteiger partial charge in [0.25, 0.3) is 0 Å². The third-order valence-electron chi connectivity index (χ3n) is 0. The summed E-state index contributed by atoms with van der Waals surface area (Å²) in [5.74, 6) is 0. The third-order valence-corrected chi connectivity index (χ3v) is 0. The summed E-state index contributed by atoms with van der Waals surface area (Å²) in [6.07, 6.45) is 0. The molecule has 0 aliphatic heterocycles. The van der Waals surface area contributed by atoms with Crippen LogP contribution in [-0.2, 0) is 0 Å². The molecule has 0 aliphatic carbocycles. The Bertz CT molecular complexity index is 32.6. The van der Waals surface area contributed by atoms with Crippen molar-refractivity contribution in [1.82, 2.24) is 0 Å². The molecule has 26 valence electrons. The molecule has 0 aromatic carbocycles. The molecule has 0 aromatic rings. The van der Waals surface area contributed by atoms with Gasteiger partial charge in [-0.1, -0.05) is 0 Å². The molecule has 4 N–H and O–H groups in total. The van der Waals surface area contributed by atoms with Crippen LogP contribution in [0, 0.1) is 0 Å². The van der Waals surface area contributed by atoms with Gasteiger partial charge in [-0.2, -0.15) is 0 Å². The summed E-state index contributed by atoms with van der Waals surface area (Å²) in [5.41, 5.74) is 8.50. The van der Waals surface area contributed by atoms with Crippen molar-refractivity contribution in [2.75, 3.05) is 0 Å². The van der Waals surface area contributed by atoms with Crippen LogP contribution in [0.3, 0.4) is 0 Å². The zero-order valence-corrected chi connectivity index (χ0v) is 2.06. The molecule has 0 spiro atoms. The summed E-state index contributed by atoms with van der Waals surface area (Å²) in [6, 6.07) is -0.833. The van der Waals surface area contributed by atoms with Crippen molar-refractivity contribution in [3.05, 3.63) is 0 Å². The van der Waals surface area contributed by atoms with Crippen LogP contribution in [0.4, 0.5) is 4.79 Å². The monoisotopic (exact) mass is 84.0 g/mol. The van der Waals surface area contributed by atoms with Crippen molar-refractivity contribution in [2.45, 2.75) is 0 Å². The second-order valence-electron chi connectivity index (χ2n) is 0.402. The Kier molecular flexibility index (Phi) is 7.67. The zero-order chi connectivity index (χ0) is 3.58. The van der Waals surface area contributed by atoms with E-state index in [1.807, 2.05) is 0 Å². The summed E-state index contributed by atoms with van der Waals surface area (Å²) >= 11 is 0. The number of urea groups is 1. The summed E-state index contributed by atoms with van der Waals surface area (Å²) in [7, 11) is 0. The first-order valence-electron chi connectivity index (χ1n) is 0.781. The molecule has 0 bridgehead atoms. The molecule has 2 amide bonds. The molecule has 0 saturated heterocycles. The van der Waals surface area contributed by atoms with Crippen LogP contribution in [0.25, 0.3) is 0 Å². The topological polar surface area (TPSA) is 69.1 Å². The quantitative estimate of drug-likeness (QED) is 0.340. The van der Waals surface area contributed by atoms with E-state index in [1.165, 1.54) is 0 Å². The van der Waals surface area contributed by atoms with Crippen LogP contribution >= 0.6 is 0 Å². The Labute approximate surface area is 52.0 Å². The Morgan fingerprint density at radius 3 is 1.40 bits per heavy atom. The average Bonchev–Trinajstić information content (AvgIpc) is 0.811. The normalized spacial score (nSPS) is 4.80. The first-order chi connectivity index (χ1) is 1.73. The summed E-state index contributed by atoms with van der Waals surface area (Å²) < 4.78 is 0. The fraction of sp³-hybridized carbons (Fsp3) is 0. The number of carbonyl (C=O) groups is 1. The number of rotatable bonds is 0. The van der Waals surface area contributed by atoms with E-state index in [1.54, 1.807) is 0 Å². The molecular weight excluding hydrogens is 79.0 g/mol. The van der Waals surface area contributed by atoms with Crippen LogP contribution in [0.5, 0.6) is 0 Å². The summed E-state index contributed by atoms with van der Waals surface area (Å²) in [5, 5.41) is 0. The van der Waals surface area contributed by atoms with Gasteiger partial charge >= 0.3 is 35.6 Å². The van der Waals surface area contributed by atoms with E-state index < -0.39 is 6.03 Å². The molecule has 0 rings (SSSR count). The number of hydrogen-bond donors (Lipinski definition) is 2. The van der Waals surface area contributed by atoms with Crippen LogP contribution in [-0.4, -0.2) is 35.6 Å². The van der Waals surface area contributed by atoms with Gasteiger partial charge in [0.2, 0.25) is 0 Å². The minimum absolute atomic E-state index is 0. The number of hydrogen-bond acceptors (Lipinski definition) is 1. The molecule has 0 aliphatic rings. The molecule has 0 radical (unpaired) electrons. The minimum atomic E-state index is -0.833. The Balaban J connectivity index is 0. The molecule has 0 heterocycles. The van der Waals surface area contributed by atoms with Crippen molar-refractivity contribution in [2.24, 2.45) is 11.5 Å². The molecule has 0 unspecified atom stereocenters. The molecule has 0 saturated carbocycles. The molecule has 0 atom stereocenters. The van der Waals surface area contributed by atoms with E-state index in [9.17, 15) is 0 Å². The van der Waals surface area contributed by atoms with E-state index in [0.717, 1.165) is 0 Å². The van der Waals surface area contributed by atoms with Gasteiger partial charge in [0, 0.05) is 0 Å². The molecule has 0 aromatic heterocycles. The van der Waals surface area contributed by atoms with Crippen molar-refractivity contribution < 1.29 is 4.79 Å². The molecule has 4 heteroatoms. The van der Waals surface area contributed by atoms with Gasteiger partial charge in [0.1, 0.15) is 0 Å². The van der Waals surface area contributed by atoms with Crippen molar-refractivity contribution in [3.8, 4) is 0 Å². The standard InChI is InChI=1S/CH4N2O.Na.H/c2-1(3)4;;/h(H4,2,3,4);;. The summed E-state index contributed by atoms with van der Waals surface area (Å²) in [6.45, 7) is 0. The van der Waals surface area contributed by atoms with Gasteiger partial charge in [0.05, 0.1) is 0 Å². The fourth-order valence-corrected chi connectivity index (χ4v) is 0. The number of nitrogens with two attached hydrogens (primary N) is 2. The van der Waals surface area contributed by atoms with E-state index in [4.69, 9.17) is 4.79 Å². The molecule has 0 fully saturated rings. The summed E-state index contributed by atoms with van der Waals surface area (Å²) in [4.78, 5) is 9.00. The zero-order valence-electron chi connectivity index (χ0n) is 2.06. The van der Waals surface area contributed by atoms with E-state index in [-0.39, 0.29) is 29.6 Å². The second-order valence-corrected chi connectivity index (χ2v) is 0.402. The van der Waals surface area contributed by atoms with E-state index in [0.29, 0.717) is 0 Å². The predicted molar refractivity (Wildman–Crippen MR) is 20.9 cm³/mol. The number of amides is 2. The van der Waals surface area contributed by atoms with Gasteiger partial charge in [-0.3, -0.25) is 0 Å². The van der Waals surface area contributed by atoms with Gasteiger partial charge < -0.3 is 11.5 Å². The van der Waals surface area contributed by atoms with E-state index in [2.05, 4.69) is 11.5 Å². The molecule has 5 heavy (non-hydrogen) atoms. The maximum atomic E-state index is 9.00. The van der Waals surface area contributed by atoms with Crippen molar-refractivity contribution >= 4 is 35.6 Å². The van der Waals surface area contributed by atoms with Crippen molar-refractivity contribution in [3.63, 3.8) is 0 Å². The molecular formula is CH5N2NaO. The Morgan fingerprint density at radius 1 is 1.40 bits per heavy atom. The Morgan fingerprint density at radius 2 is 1.40 bits per heavy atom. The van der Waals surface area contributed by atoms with Crippen LogP contribution in [0.2, 0.25) is 0 Å². The number of primary amides is 2. The van der Waals surface area contributed by atoms with E-state index >= 15 is 0 Å². The first kappa shape index (κ1) is 8.99. The van der Waals surface area contributed by atoms with Gasteiger partial charge in [-0.05, 0) is 0 Å². The SMILES string of the molecule is NC(N)=O.[NaH]. The fourth-order valence-electron chi connectivity index (χ4n) is 0. The Hall–Kier alpha value is 0.270. The van der Waals surface area contributed by atoms with Crippen LogP contribution in [0.1, 0.15) is 0 Å². The third kappa shape index (κ3) is 302. The van der Waals surface area contributed by atoms with Gasteiger partial charge in [0.15, 0.2) is 0 Å². The predicted octanol–water partition coefficient (Wildman–Crippen LogP) is -1.62.